The van der Waals surface area contributed by atoms with Gasteiger partial charge in [0.15, 0.2) is 0 Å². The van der Waals surface area contributed by atoms with E-state index in [9.17, 15) is 0 Å². The van der Waals surface area contributed by atoms with Crippen molar-refractivity contribution in [2.75, 3.05) is 18.4 Å². The van der Waals surface area contributed by atoms with E-state index in [1.165, 1.54) is 12.8 Å². The number of anilines is 1. The van der Waals surface area contributed by atoms with Gasteiger partial charge >= 0.3 is 0 Å². The van der Waals surface area contributed by atoms with Crippen molar-refractivity contribution in [2.45, 2.75) is 12.8 Å². The Labute approximate surface area is 99.7 Å². The third-order valence-corrected chi connectivity index (χ3v) is 3.52. The monoisotopic (exact) mass is 244 g/mol. The molecule has 0 bridgehead atoms. The lowest BCUT2D eigenvalue weighted by atomic mass is 10.1. The molecule has 0 aliphatic heterocycles. The molecule has 0 heterocycles. The van der Waals surface area contributed by atoms with Crippen LogP contribution in [0.15, 0.2) is 18.2 Å². The predicted molar refractivity (Wildman–Crippen MR) is 65.7 cm³/mol. The molecule has 1 saturated carbocycles. The van der Waals surface area contributed by atoms with Gasteiger partial charge in [-0.05, 0) is 43.0 Å². The molecule has 0 saturated heterocycles. The predicted octanol–water partition coefficient (Wildman–Crippen LogP) is 3.14. The molecule has 4 heteroatoms. The molecule has 1 fully saturated rings. The zero-order chi connectivity index (χ0) is 10.9. The summed E-state index contributed by atoms with van der Waals surface area (Å²) in [5.74, 6) is 0. The van der Waals surface area contributed by atoms with Gasteiger partial charge in [-0.3, -0.25) is 0 Å². The molecule has 1 aromatic carbocycles. The van der Waals surface area contributed by atoms with Crippen LogP contribution in [0.3, 0.4) is 0 Å². The summed E-state index contributed by atoms with van der Waals surface area (Å²) in [6.45, 7) is 1.63. The number of hydrogen-bond acceptors (Lipinski definition) is 2. The number of halogens is 2. The molecule has 0 spiro atoms. The quantitative estimate of drug-likeness (QED) is 0.855. The van der Waals surface area contributed by atoms with E-state index >= 15 is 0 Å². The summed E-state index contributed by atoms with van der Waals surface area (Å²) < 4.78 is 0. The fourth-order valence-electron chi connectivity index (χ4n) is 1.55. The van der Waals surface area contributed by atoms with Crippen LogP contribution in [0.1, 0.15) is 12.8 Å². The molecule has 0 unspecified atom stereocenters. The first kappa shape index (κ1) is 11.1. The molecule has 1 aromatic rings. The average molecular weight is 245 g/mol. The van der Waals surface area contributed by atoms with Gasteiger partial charge in [0.1, 0.15) is 0 Å². The van der Waals surface area contributed by atoms with Gasteiger partial charge in [0, 0.05) is 11.6 Å². The van der Waals surface area contributed by atoms with Crippen LogP contribution in [0.2, 0.25) is 10.0 Å². The van der Waals surface area contributed by atoms with Gasteiger partial charge in [-0.25, -0.2) is 0 Å². The Bertz CT molecular complexity index is 362. The molecule has 0 amide bonds. The molecule has 1 aliphatic carbocycles. The lowest BCUT2D eigenvalue weighted by Crippen LogP contribution is -2.24. The highest BCUT2D eigenvalue weighted by Gasteiger charge is 2.40. The summed E-state index contributed by atoms with van der Waals surface area (Å²) in [5, 5.41) is 4.64. The third kappa shape index (κ3) is 2.57. The van der Waals surface area contributed by atoms with E-state index in [0.29, 0.717) is 15.5 Å². The van der Waals surface area contributed by atoms with E-state index in [4.69, 9.17) is 28.9 Å². The van der Waals surface area contributed by atoms with Crippen LogP contribution in [-0.2, 0) is 0 Å². The van der Waals surface area contributed by atoms with Crippen LogP contribution in [0, 0.1) is 5.41 Å². The third-order valence-electron chi connectivity index (χ3n) is 2.98. The molecule has 0 radical (unpaired) electrons. The van der Waals surface area contributed by atoms with Gasteiger partial charge in [0.25, 0.3) is 0 Å². The summed E-state index contributed by atoms with van der Waals surface area (Å²) in [7, 11) is 0. The topological polar surface area (TPSA) is 38.0 Å². The van der Waals surface area contributed by atoms with E-state index in [2.05, 4.69) is 5.32 Å². The van der Waals surface area contributed by atoms with Gasteiger partial charge in [0.05, 0.1) is 10.7 Å². The molecular formula is C11H14Cl2N2. The number of rotatable bonds is 4. The van der Waals surface area contributed by atoms with E-state index in [1.807, 2.05) is 12.1 Å². The van der Waals surface area contributed by atoms with Crippen molar-refractivity contribution < 1.29 is 0 Å². The Balaban J connectivity index is 1.99. The summed E-state index contributed by atoms with van der Waals surface area (Å²) in [6.07, 6.45) is 2.42. The van der Waals surface area contributed by atoms with Crippen LogP contribution < -0.4 is 11.1 Å². The minimum atomic E-state index is 0.308. The summed E-state index contributed by atoms with van der Waals surface area (Å²) in [6, 6.07) is 5.47. The lowest BCUT2D eigenvalue weighted by Gasteiger charge is -2.15. The Morgan fingerprint density at radius 2 is 2.07 bits per heavy atom. The SMILES string of the molecule is NCC1(CNc2ccc(Cl)cc2Cl)CC1. The first-order valence-electron chi connectivity index (χ1n) is 5.04. The van der Waals surface area contributed by atoms with Gasteiger partial charge < -0.3 is 11.1 Å². The first-order chi connectivity index (χ1) is 7.15. The van der Waals surface area contributed by atoms with Crippen molar-refractivity contribution >= 4 is 28.9 Å². The standard InChI is InChI=1S/C11H14Cl2N2/c12-8-1-2-10(9(13)5-8)15-7-11(6-14)3-4-11/h1-2,5,15H,3-4,6-7,14H2. The van der Waals surface area contributed by atoms with Gasteiger partial charge in [-0.2, -0.15) is 0 Å². The van der Waals surface area contributed by atoms with Gasteiger partial charge in [0.2, 0.25) is 0 Å². The summed E-state index contributed by atoms with van der Waals surface area (Å²) in [5.41, 5.74) is 6.94. The maximum Gasteiger partial charge on any atom is 0.0652 e. The highest BCUT2D eigenvalue weighted by Crippen LogP contribution is 2.44. The second kappa shape index (κ2) is 4.20. The summed E-state index contributed by atoms with van der Waals surface area (Å²) in [4.78, 5) is 0. The Morgan fingerprint density at radius 1 is 1.33 bits per heavy atom. The number of nitrogens with one attached hydrogen (secondary N) is 1. The zero-order valence-electron chi connectivity index (χ0n) is 8.39. The van der Waals surface area contributed by atoms with Crippen LogP contribution in [0.4, 0.5) is 5.69 Å². The fourth-order valence-corrected chi connectivity index (χ4v) is 2.02. The van der Waals surface area contributed by atoms with Crippen molar-refractivity contribution in [3.8, 4) is 0 Å². The Morgan fingerprint density at radius 3 is 2.60 bits per heavy atom. The number of nitrogens with two attached hydrogens (primary N) is 1. The largest absolute Gasteiger partial charge is 0.383 e. The van der Waals surface area contributed by atoms with Gasteiger partial charge in [-0.1, -0.05) is 23.2 Å². The Kier molecular flexibility index (Phi) is 3.10. The molecule has 3 N–H and O–H groups in total. The van der Waals surface area contributed by atoms with Crippen molar-refractivity contribution in [1.29, 1.82) is 0 Å². The van der Waals surface area contributed by atoms with E-state index < -0.39 is 0 Å². The molecule has 15 heavy (non-hydrogen) atoms. The molecule has 0 atom stereocenters. The second-order valence-corrected chi connectivity index (χ2v) is 5.03. The highest BCUT2D eigenvalue weighted by molar-refractivity contribution is 6.36. The first-order valence-corrected chi connectivity index (χ1v) is 5.80. The summed E-state index contributed by atoms with van der Waals surface area (Å²) >= 11 is 11.9. The second-order valence-electron chi connectivity index (χ2n) is 4.18. The molecule has 82 valence electrons. The normalized spacial score (nSPS) is 17.5. The van der Waals surface area contributed by atoms with Gasteiger partial charge in [-0.15, -0.1) is 0 Å². The smallest absolute Gasteiger partial charge is 0.0652 e. The van der Waals surface area contributed by atoms with Crippen molar-refractivity contribution in [3.05, 3.63) is 28.2 Å². The van der Waals surface area contributed by atoms with Crippen LogP contribution in [0.25, 0.3) is 0 Å². The fraction of sp³-hybridized carbons (Fsp3) is 0.455. The average Bonchev–Trinajstić information content (AvgIpc) is 2.97. The number of hydrogen-bond donors (Lipinski definition) is 2. The number of benzene rings is 1. The maximum atomic E-state index is 6.04. The highest BCUT2D eigenvalue weighted by atomic mass is 35.5. The molecule has 0 aromatic heterocycles. The van der Waals surface area contributed by atoms with E-state index in [1.54, 1.807) is 6.07 Å². The van der Waals surface area contributed by atoms with Crippen molar-refractivity contribution in [3.63, 3.8) is 0 Å². The van der Waals surface area contributed by atoms with E-state index in [0.717, 1.165) is 18.8 Å². The maximum absolute atomic E-state index is 6.04. The van der Waals surface area contributed by atoms with Crippen molar-refractivity contribution in [1.82, 2.24) is 0 Å². The lowest BCUT2D eigenvalue weighted by molar-refractivity contribution is 0.556. The molecular weight excluding hydrogens is 231 g/mol. The van der Waals surface area contributed by atoms with Crippen LogP contribution in [-0.4, -0.2) is 13.1 Å². The minimum Gasteiger partial charge on any atom is -0.383 e. The molecule has 2 nitrogen and oxygen atoms in total. The van der Waals surface area contributed by atoms with Crippen LogP contribution in [0.5, 0.6) is 0 Å². The van der Waals surface area contributed by atoms with E-state index in [-0.39, 0.29) is 0 Å². The molecule has 1 aliphatic rings. The van der Waals surface area contributed by atoms with Crippen LogP contribution >= 0.6 is 23.2 Å². The minimum absolute atomic E-state index is 0.308. The molecule has 2 rings (SSSR count). The van der Waals surface area contributed by atoms with Crippen molar-refractivity contribution in [2.24, 2.45) is 11.1 Å². The zero-order valence-corrected chi connectivity index (χ0v) is 9.91. The Hall–Kier alpha value is -0.440.